The third-order valence-electron chi connectivity index (χ3n) is 1.70. The second kappa shape index (κ2) is 2.83. The van der Waals surface area contributed by atoms with Gasteiger partial charge in [0.1, 0.15) is 17.7 Å². The van der Waals surface area contributed by atoms with Crippen molar-refractivity contribution in [3.05, 3.63) is 24.3 Å². The molecule has 4 N–H and O–H groups in total. The Balaban J connectivity index is 2.67. The number of nitrogens with two attached hydrogens (primary N) is 1. The maximum Gasteiger partial charge on any atom is 0.284 e. The first kappa shape index (κ1) is 7.69. The topological polar surface area (TPSA) is 96.7 Å². The molecule has 0 unspecified atom stereocenters. The number of rotatable bonds is 1. The molecule has 2 rings (SSSR count). The average Bonchev–Trinajstić information content (AvgIpc) is 2.63. The van der Waals surface area contributed by atoms with Crippen LogP contribution >= 0.6 is 0 Å². The molecule has 66 valence electrons. The fourth-order valence-corrected chi connectivity index (χ4v) is 1.12. The van der Waals surface area contributed by atoms with Crippen molar-refractivity contribution >= 4 is 16.9 Å². The molecule has 0 saturated carbocycles. The van der Waals surface area contributed by atoms with Gasteiger partial charge in [0.15, 0.2) is 0 Å². The number of hydrogen-bond acceptors (Lipinski definition) is 4. The fraction of sp³-hybridized carbons (Fsp3) is 0. The van der Waals surface area contributed by atoms with Crippen LogP contribution in [0.25, 0.3) is 11.0 Å². The number of nitrogen functional groups attached to an aromatic ring is 1. The molecular formula is C7H7N5O. The Morgan fingerprint density at radius 1 is 1.54 bits per heavy atom. The Labute approximate surface area is 73.1 Å². The van der Waals surface area contributed by atoms with Crippen molar-refractivity contribution in [3.8, 4) is 0 Å². The lowest BCUT2D eigenvalue weighted by atomic mass is 10.3. The first-order valence-electron chi connectivity index (χ1n) is 3.62. The highest BCUT2D eigenvalue weighted by atomic mass is 16.2. The lowest BCUT2D eigenvalue weighted by Crippen LogP contribution is -2.30. The zero-order chi connectivity index (χ0) is 9.26. The highest BCUT2D eigenvalue weighted by molar-refractivity contribution is 6.03. The van der Waals surface area contributed by atoms with Gasteiger partial charge in [-0.2, -0.15) is 0 Å². The van der Waals surface area contributed by atoms with Gasteiger partial charge in [-0.05, 0) is 6.07 Å². The summed E-state index contributed by atoms with van der Waals surface area (Å²) < 4.78 is 0. The molecule has 6 nitrogen and oxygen atoms in total. The predicted octanol–water partition coefficient (Wildman–Crippen LogP) is -0.439. The van der Waals surface area contributed by atoms with E-state index in [4.69, 9.17) is 5.84 Å². The summed E-state index contributed by atoms with van der Waals surface area (Å²) in [6.07, 6.45) is 3.00. The summed E-state index contributed by atoms with van der Waals surface area (Å²) in [6.45, 7) is 0. The Morgan fingerprint density at radius 2 is 2.38 bits per heavy atom. The van der Waals surface area contributed by atoms with Gasteiger partial charge >= 0.3 is 0 Å². The molecular weight excluding hydrogens is 170 g/mol. The number of nitrogens with one attached hydrogen (secondary N) is 2. The fourth-order valence-electron chi connectivity index (χ4n) is 1.12. The van der Waals surface area contributed by atoms with E-state index in [-0.39, 0.29) is 5.69 Å². The summed E-state index contributed by atoms with van der Waals surface area (Å²) in [5.74, 6) is 4.57. The van der Waals surface area contributed by atoms with Gasteiger partial charge in [-0.25, -0.2) is 15.8 Å². The lowest BCUT2D eigenvalue weighted by molar-refractivity contribution is 0.0950. The maximum absolute atomic E-state index is 11.2. The first-order chi connectivity index (χ1) is 6.33. The van der Waals surface area contributed by atoms with Gasteiger partial charge in [-0.3, -0.25) is 10.2 Å². The van der Waals surface area contributed by atoms with E-state index in [1.165, 1.54) is 6.33 Å². The monoisotopic (exact) mass is 177 g/mol. The smallest absolute Gasteiger partial charge is 0.284 e. The van der Waals surface area contributed by atoms with Crippen LogP contribution in [-0.4, -0.2) is 20.9 Å². The number of hydrogen-bond donors (Lipinski definition) is 3. The van der Waals surface area contributed by atoms with Crippen LogP contribution in [0.5, 0.6) is 0 Å². The van der Waals surface area contributed by atoms with Crippen molar-refractivity contribution in [2.24, 2.45) is 5.84 Å². The Hall–Kier alpha value is -1.95. The van der Waals surface area contributed by atoms with Crippen LogP contribution in [-0.2, 0) is 0 Å². The minimum atomic E-state index is -0.424. The number of amides is 1. The molecule has 0 spiro atoms. The Bertz CT molecular complexity index is 449. The number of H-pyrrole nitrogens is 1. The number of nitrogens with zero attached hydrogens (tertiary/aromatic N) is 2. The highest BCUT2D eigenvalue weighted by Gasteiger charge is 2.10. The van der Waals surface area contributed by atoms with Gasteiger partial charge in [0.05, 0.1) is 5.39 Å². The quantitative estimate of drug-likeness (QED) is 0.312. The molecule has 13 heavy (non-hydrogen) atoms. The van der Waals surface area contributed by atoms with Crippen LogP contribution in [0.2, 0.25) is 0 Å². The number of aromatic nitrogens is 3. The summed E-state index contributed by atoms with van der Waals surface area (Å²) in [6, 6.07) is 1.72. The predicted molar refractivity (Wildman–Crippen MR) is 45.5 cm³/mol. The number of carbonyl (C=O) groups excluding carboxylic acids is 1. The van der Waals surface area contributed by atoms with Crippen LogP contribution in [0.3, 0.4) is 0 Å². The van der Waals surface area contributed by atoms with Crippen molar-refractivity contribution in [2.45, 2.75) is 0 Å². The van der Waals surface area contributed by atoms with Crippen LogP contribution in [0.15, 0.2) is 18.6 Å². The molecule has 2 aromatic heterocycles. The van der Waals surface area contributed by atoms with Gasteiger partial charge in [0, 0.05) is 6.20 Å². The molecule has 0 radical (unpaired) electrons. The van der Waals surface area contributed by atoms with Crippen LogP contribution < -0.4 is 11.3 Å². The number of fused-ring (bicyclic) bond motifs is 1. The zero-order valence-corrected chi connectivity index (χ0v) is 6.61. The first-order valence-corrected chi connectivity index (χ1v) is 3.62. The summed E-state index contributed by atoms with van der Waals surface area (Å²) in [7, 11) is 0. The summed E-state index contributed by atoms with van der Waals surface area (Å²) >= 11 is 0. The van der Waals surface area contributed by atoms with Crippen molar-refractivity contribution in [2.75, 3.05) is 0 Å². The zero-order valence-electron chi connectivity index (χ0n) is 6.61. The molecule has 0 aromatic carbocycles. The molecule has 2 heterocycles. The largest absolute Gasteiger partial charge is 0.346 e. The molecule has 6 heteroatoms. The minimum absolute atomic E-state index is 0.272. The van der Waals surface area contributed by atoms with Crippen molar-refractivity contribution in [1.29, 1.82) is 0 Å². The van der Waals surface area contributed by atoms with Crippen molar-refractivity contribution in [1.82, 2.24) is 20.4 Å². The third kappa shape index (κ3) is 1.13. The minimum Gasteiger partial charge on any atom is -0.346 e. The van der Waals surface area contributed by atoms with Crippen LogP contribution in [0, 0.1) is 0 Å². The summed E-state index contributed by atoms with van der Waals surface area (Å²) in [5.41, 5.74) is 2.91. The molecule has 0 aliphatic heterocycles. The normalized spacial score (nSPS) is 10.2. The van der Waals surface area contributed by atoms with Crippen molar-refractivity contribution < 1.29 is 4.79 Å². The van der Waals surface area contributed by atoms with Crippen LogP contribution in [0.4, 0.5) is 0 Å². The molecule has 1 amide bonds. The molecule has 0 fully saturated rings. The molecule has 0 bridgehead atoms. The summed E-state index contributed by atoms with van der Waals surface area (Å²) in [5, 5.41) is 0.658. The Morgan fingerprint density at radius 3 is 3.15 bits per heavy atom. The van der Waals surface area contributed by atoms with E-state index in [0.29, 0.717) is 11.0 Å². The second-order valence-corrected chi connectivity index (χ2v) is 2.44. The van der Waals surface area contributed by atoms with E-state index in [2.05, 4.69) is 15.0 Å². The van der Waals surface area contributed by atoms with Gasteiger partial charge in [0.25, 0.3) is 5.91 Å². The number of carbonyl (C=O) groups is 1. The summed E-state index contributed by atoms with van der Waals surface area (Å²) in [4.78, 5) is 21.8. The van der Waals surface area contributed by atoms with E-state index in [1.54, 1.807) is 12.3 Å². The van der Waals surface area contributed by atoms with Crippen molar-refractivity contribution in [3.63, 3.8) is 0 Å². The van der Waals surface area contributed by atoms with Crippen LogP contribution in [0.1, 0.15) is 10.5 Å². The van der Waals surface area contributed by atoms with Gasteiger partial charge in [0.2, 0.25) is 0 Å². The molecule has 2 aromatic rings. The standard InChI is InChI=1S/C7H7N5O/c8-12-7(13)5-4-1-2-9-6(4)11-3-10-5/h1-3H,8H2,(H,12,13)(H,9,10,11). The SMILES string of the molecule is NNC(=O)c1ncnc2[nH]ccc12. The molecule has 0 saturated heterocycles. The van der Waals surface area contributed by atoms with E-state index < -0.39 is 5.91 Å². The average molecular weight is 177 g/mol. The van der Waals surface area contributed by atoms with Gasteiger partial charge < -0.3 is 4.98 Å². The maximum atomic E-state index is 11.2. The highest BCUT2D eigenvalue weighted by Crippen LogP contribution is 2.11. The Kier molecular flexibility index (Phi) is 1.67. The number of hydrazine groups is 1. The van der Waals surface area contributed by atoms with E-state index in [0.717, 1.165) is 0 Å². The van der Waals surface area contributed by atoms with E-state index in [9.17, 15) is 4.79 Å². The van der Waals surface area contributed by atoms with E-state index >= 15 is 0 Å². The second-order valence-electron chi connectivity index (χ2n) is 2.44. The van der Waals surface area contributed by atoms with Gasteiger partial charge in [-0.1, -0.05) is 0 Å². The lowest BCUT2D eigenvalue weighted by Gasteiger charge is -1.98. The number of aromatic amines is 1. The molecule has 0 atom stereocenters. The molecule has 0 aliphatic carbocycles. The molecule has 0 aliphatic rings. The van der Waals surface area contributed by atoms with Gasteiger partial charge in [-0.15, -0.1) is 0 Å². The third-order valence-corrected chi connectivity index (χ3v) is 1.70. The van der Waals surface area contributed by atoms with E-state index in [1.807, 2.05) is 5.43 Å².